The maximum absolute atomic E-state index is 13.2. The summed E-state index contributed by atoms with van der Waals surface area (Å²) in [6.07, 6.45) is 1.84. The molecule has 0 spiro atoms. The maximum atomic E-state index is 13.2. The Morgan fingerprint density at radius 2 is 2.03 bits per heavy atom. The number of nitrogens with two attached hydrogens (primary N) is 1. The van der Waals surface area contributed by atoms with Crippen LogP contribution in [0.25, 0.3) is 0 Å². The van der Waals surface area contributed by atoms with Gasteiger partial charge in [0.2, 0.25) is 6.29 Å². The van der Waals surface area contributed by atoms with E-state index in [2.05, 4.69) is 15.5 Å². The fourth-order valence-corrected chi connectivity index (χ4v) is 5.35. The summed E-state index contributed by atoms with van der Waals surface area (Å²) < 4.78 is 15.0. The number of fused-ring (bicyclic) bond motifs is 1. The number of carbonyl (C=O) groups excluding carboxylic acids is 5. The van der Waals surface area contributed by atoms with Gasteiger partial charge in [-0.2, -0.15) is 0 Å². The molecule has 3 N–H and O–H groups in total. The Morgan fingerprint density at radius 1 is 1.29 bits per heavy atom. The first-order chi connectivity index (χ1) is 18.0. The van der Waals surface area contributed by atoms with E-state index >= 15 is 0 Å². The molecule has 0 saturated carbocycles. The quantitative estimate of drug-likeness (QED) is 0.130. The summed E-state index contributed by atoms with van der Waals surface area (Å²) in [5, 5.41) is 7.41. The largest absolute Gasteiger partial charge is 0.462 e. The third kappa shape index (κ3) is 6.69. The number of allylic oxidation sites excluding steroid dienone is 1. The molecule has 2 aliphatic rings. The zero-order valence-electron chi connectivity index (χ0n) is 20.8. The van der Waals surface area contributed by atoms with Crippen LogP contribution in [0.2, 0.25) is 0 Å². The fourth-order valence-electron chi connectivity index (χ4n) is 3.48. The number of amides is 2. The highest BCUT2D eigenvalue weighted by atomic mass is 32.2. The van der Waals surface area contributed by atoms with Crippen LogP contribution in [0.15, 0.2) is 34.0 Å². The molecule has 0 aromatic carbocycles. The summed E-state index contributed by atoms with van der Waals surface area (Å²) in [4.78, 5) is 71.4. The van der Waals surface area contributed by atoms with Crippen molar-refractivity contribution in [2.24, 2.45) is 5.16 Å². The number of anilines is 1. The molecule has 2 aliphatic heterocycles. The molecule has 204 valence electrons. The van der Waals surface area contributed by atoms with E-state index in [0.717, 1.165) is 18.3 Å². The number of β-lactam (4-membered cyclic amide) rings is 1. The van der Waals surface area contributed by atoms with Gasteiger partial charge in [0.25, 0.3) is 11.8 Å². The monoisotopic (exact) mass is 567 g/mol. The number of ether oxygens (including phenoxy) is 3. The SMILES string of the molecule is CO/N=C(\C(=O)NC1C(=O)N2C(C(=O)OC(C)OC(C)=O)=C(/C=C/COC(C)=O)CS[C@H]12)c1csc(N)n1. The molecular weight excluding hydrogens is 542 g/mol. The highest BCUT2D eigenvalue weighted by Gasteiger charge is 2.54. The first-order valence-corrected chi connectivity index (χ1v) is 13.0. The summed E-state index contributed by atoms with van der Waals surface area (Å²) in [5.74, 6) is -3.09. The minimum Gasteiger partial charge on any atom is -0.462 e. The molecule has 0 aliphatic carbocycles. The highest BCUT2D eigenvalue weighted by Crippen LogP contribution is 2.41. The molecule has 3 rings (SSSR count). The second-order valence-corrected chi connectivity index (χ2v) is 9.71. The molecule has 0 radical (unpaired) electrons. The summed E-state index contributed by atoms with van der Waals surface area (Å²) in [6.45, 7) is 3.72. The molecule has 3 atom stereocenters. The lowest BCUT2D eigenvalue weighted by molar-refractivity contribution is -0.182. The molecule has 2 amide bonds. The highest BCUT2D eigenvalue weighted by molar-refractivity contribution is 8.00. The van der Waals surface area contributed by atoms with Gasteiger partial charge in [0.15, 0.2) is 10.8 Å². The standard InChI is InChI=1S/C22H25N5O9S2/c1-10(28)34-7-5-6-13-8-37-20-16(25-18(30)15(26-33-4)14-9-38-22(23)24-14)19(31)27(20)17(13)21(32)36-12(3)35-11(2)29/h5-6,9,12,16,20H,7-8H2,1-4H3,(H2,23,24)(H,25,30)/b6-5+,26-15-/t12?,16?,20-/m1/s1. The number of nitrogens with zero attached hydrogens (tertiary/aromatic N) is 3. The lowest BCUT2D eigenvalue weighted by Crippen LogP contribution is -2.71. The number of carbonyl (C=O) groups is 5. The number of rotatable bonds is 10. The van der Waals surface area contributed by atoms with Crippen molar-refractivity contribution in [2.45, 2.75) is 38.5 Å². The van der Waals surface area contributed by atoms with Crippen molar-refractivity contribution in [1.29, 1.82) is 0 Å². The van der Waals surface area contributed by atoms with Crippen LogP contribution in [0.1, 0.15) is 26.5 Å². The number of oxime groups is 1. The van der Waals surface area contributed by atoms with Gasteiger partial charge in [0.05, 0.1) is 0 Å². The van der Waals surface area contributed by atoms with Crippen LogP contribution in [0.5, 0.6) is 0 Å². The molecule has 14 nitrogen and oxygen atoms in total. The van der Waals surface area contributed by atoms with E-state index in [0.29, 0.717) is 5.57 Å². The van der Waals surface area contributed by atoms with Gasteiger partial charge in [-0.05, 0) is 11.6 Å². The van der Waals surface area contributed by atoms with Gasteiger partial charge in [-0.1, -0.05) is 11.2 Å². The number of nitrogen functional groups attached to an aromatic ring is 1. The van der Waals surface area contributed by atoms with Crippen molar-refractivity contribution in [2.75, 3.05) is 25.2 Å². The van der Waals surface area contributed by atoms with Gasteiger partial charge in [-0.25, -0.2) is 9.78 Å². The van der Waals surface area contributed by atoms with Crippen LogP contribution in [0, 0.1) is 0 Å². The van der Waals surface area contributed by atoms with Gasteiger partial charge in [-0.15, -0.1) is 23.1 Å². The van der Waals surface area contributed by atoms with Crippen molar-refractivity contribution in [3.63, 3.8) is 0 Å². The zero-order chi connectivity index (χ0) is 28.0. The molecule has 0 bridgehead atoms. The maximum Gasteiger partial charge on any atom is 0.358 e. The second kappa shape index (κ2) is 12.6. The van der Waals surface area contributed by atoms with Crippen molar-refractivity contribution >= 4 is 63.7 Å². The summed E-state index contributed by atoms with van der Waals surface area (Å²) in [6, 6.07) is -0.995. The summed E-state index contributed by atoms with van der Waals surface area (Å²) >= 11 is 2.39. The van der Waals surface area contributed by atoms with Crippen LogP contribution in [-0.2, 0) is 43.0 Å². The van der Waals surface area contributed by atoms with E-state index in [1.54, 1.807) is 0 Å². The predicted octanol–water partition coefficient (Wildman–Crippen LogP) is 0.301. The Morgan fingerprint density at radius 3 is 2.63 bits per heavy atom. The van der Waals surface area contributed by atoms with Gasteiger partial charge in [-0.3, -0.25) is 24.1 Å². The molecular formula is C22H25N5O9S2. The van der Waals surface area contributed by atoms with Crippen LogP contribution < -0.4 is 11.1 Å². The topological polar surface area (TPSA) is 189 Å². The molecule has 1 aromatic heterocycles. The Kier molecular flexibility index (Phi) is 9.46. The molecule has 1 aromatic rings. The smallest absolute Gasteiger partial charge is 0.358 e. The van der Waals surface area contributed by atoms with Crippen LogP contribution in [0.3, 0.4) is 0 Å². The number of thiazole rings is 1. The zero-order valence-corrected chi connectivity index (χ0v) is 22.4. The number of hydrogen-bond acceptors (Lipinski definition) is 14. The Labute approximate surface area is 225 Å². The lowest BCUT2D eigenvalue weighted by Gasteiger charge is -2.49. The van der Waals surface area contributed by atoms with E-state index in [1.807, 2.05) is 0 Å². The van der Waals surface area contributed by atoms with Gasteiger partial charge in [0, 0.05) is 31.9 Å². The van der Waals surface area contributed by atoms with Crippen LogP contribution in [0.4, 0.5) is 5.13 Å². The second-order valence-electron chi connectivity index (χ2n) is 7.72. The fraction of sp³-hybridized carbons (Fsp3) is 0.409. The number of nitrogens with one attached hydrogen (secondary N) is 1. The first-order valence-electron chi connectivity index (χ1n) is 11.0. The van der Waals surface area contributed by atoms with Crippen LogP contribution >= 0.6 is 23.1 Å². The van der Waals surface area contributed by atoms with Gasteiger partial charge >= 0.3 is 17.9 Å². The van der Waals surface area contributed by atoms with Crippen LogP contribution in [-0.4, -0.2) is 82.5 Å². The van der Waals surface area contributed by atoms with E-state index < -0.39 is 47.4 Å². The summed E-state index contributed by atoms with van der Waals surface area (Å²) in [5.41, 5.74) is 5.98. The number of esters is 3. The predicted molar refractivity (Wildman–Crippen MR) is 135 cm³/mol. The average molecular weight is 568 g/mol. The minimum absolute atomic E-state index is 0.0471. The third-order valence-corrected chi connectivity index (χ3v) is 6.92. The van der Waals surface area contributed by atoms with Crippen molar-refractivity contribution < 1.29 is 43.0 Å². The number of thioether (sulfide) groups is 1. The molecule has 1 saturated heterocycles. The molecule has 38 heavy (non-hydrogen) atoms. The normalized spacial score (nSPS) is 19.8. The van der Waals surface area contributed by atoms with Gasteiger partial charge in [0.1, 0.15) is 36.5 Å². The number of hydrogen-bond donors (Lipinski definition) is 2. The third-order valence-electron chi connectivity index (χ3n) is 4.95. The Hall–Kier alpha value is -3.92. The Bertz CT molecular complexity index is 1230. The Balaban J connectivity index is 1.82. The van der Waals surface area contributed by atoms with E-state index in [-0.39, 0.29) is 34.6 Å². The van der Waals surface area contributed by atoms with E-state index in [4.69, 9.17) is 24.8 Å². The molecule has 3 heterocycles. The van der Waals surface area contributed by atoms with Crippen molar-refractivity contribution in [3.8, 4) is 0 Å². The van der Waals surface area contributed by atoms with Crippen molar-refractivity contribution in [3.05, 3.63) is 34.5 Å². The molecule has 2 unspecified atom stereocenters. The first kappa shape index (κ1) is 28.6. The van der Waals surface area contributed by atoms with Gasteiger partial charge < -0.3 is 30.1 Å². The number of aromatic nitrogens is 1. The minimum atomic E-state index is -1.21. The molecule has 16 heteroatoms. The van der Waals surface area contributed by atoms with E-state index in [9.17, 15) is 24.0 Å². The average Bonchev–Trinajstić information content (AvgIpc) is 3.27. The van der Waals surface area contributed by atoms with E-state index in [1.165, 1.54) is 55.2 Å². The van der Waals surface area contributed by atoms with Crippen molar-refractivity contribution in [1.82, 2.24) is 15.2 Å². The lowest BCUT2D eigenvalue weighted by atomic mass is 10.0. The molecule has 1 fully saturated rings. The summed E-state index contributed by atoms with van der Waals surface area (Å²) in [7, 11) is 1.26.